The van der Waals surface area contributed by atoms with Gasteiger partial charge in [-0.25, -0.2) is 22.2 Å². The van der Waals surface area contributed by atoms with E-state index in [1.54, 1.807) is 23.0 Å². The van der Waals surface area contributed by atoms with Crippen LogP contribution in [0.2, 0.25) is 0 Å². The molecule has 0 aliphatic rings. The average molecular weight is 457 g/mol. The van der Waals surface area contributed by atoms with Crippen LogP contribution in [0.1, 0.15) is 11.4 Å². The van der Waals surface area contributed by atoms with Gasteiger partial charge in [-0.1, -0.05) is 0 Å². The number of sulfonamides is 1. The molecule has 4 aromatic rings. The SMILES string of the molecule is Cc1ncn(-c2ccc(Oc3ccc(NS(=O)(=O)c4cc(F)ccc4F)cc3)nn2)c1C. The second-order valence-electron chi connectivity index (χ2n) is 6.82. The van der Waals surface area contributed by atoms with Crippen LogP contribution in [0.15, 0.2) is 65.8 Å². The third-order valence-corrected chi connectivity index (χ3v) is 6.03. The average Bonchev–Trinajstić information content (AvgIpc) is 3.10. The Labute approximate surface area is 182 Å². The van der Waals surface area contributed by atoms with Crippen LogP contribution >= 0.6 is 0 Å². The van der Waals surface area contributed by atoms with Gasteiger partial charge in [0, 0.05) is 17.4 Å². The molecule has 2 heterocycles. The van der Waals surface area contributed by atoms with Gasteiger partial charge in [0.1, 0.15) is 28.6 Å². The topological polar surface area (TPSA) is 99.0 Å². The number of benzene rings is 2. The molecule has 4 rings (SSSR count). The maximum absolute atomic E-state index is 13.8. The Morgan fingerprint density at radius 3 is 2.34 bits per heavy atom. The molecular formula is C21H17F2N5O3S. The summed E-state index contributed by atoms with van der Waals surface area (Å²) in [5, 5.41) is 8.16. The number of imidazole rings is 1. The minimum Gasteiger partial charge on any atom is -0.438 e. The molecule has 0 amide bonds. The normalized spacial score (nSPS) is 11.4. The van der Waals surface area contributed by atoms with E-state index in [0.29, 0.717) is 17.6 Å². The molecular weight excluding hydrogens is 440 g/mol. The molecule has 0 spiro atoms. The van der Waals surface area contributed by atoms with Crippen LogP contribution in [0.4, 0.5) is 14.5 Å². The van der Waals surface area contributed by atoms with Crippen LogP contribution in [0.25, 0.3) is 5.82 Å². The number of aromatic nitrogens is 4. The van der Waals surface area contributed by atoms with Gasteiger partial charge in [0.05, 0.1) is 5.69 Å². The number of hydrogen-bond acceptors (Lipinski definition) is 6. The summed E-state index contributed by atoms with van der Waals surface area (Å²) in [5.74, 6) is -0.715. The maximum atomic E-state index is 13.8. The number of ether oxygens (including phenoxy) is 1. The summed E-state index contributed by atoms with van der Waals surface area (Å²) in [4.78, 5) is 3.44. The summed E-state index contributed by atoms with van der Waals surface area (Å²) in [7, 11) is -4.31. The lowest BCUT2D eigenvalue weighted by Crippen LogP contribution is -2.14. The molecule has 0 saturated heterocycles. The van der Waals surface area contributed by atoms with E-state index in [1.165, 1.54) is 24.3 Å². The third-order valence-electron chi connectivity index (χ3n) is 4.64. The van der Waals surface area contributed by atoms with E-state index in [-0.39, 0.29) is 11.6 Å². The highest BCUT2D eigenvalue weighted by Crippen LogP contribution is 2.24. The lowest BCUT2D eigenvalue weighted by atomic mass is 10.3. The van der Waals surface area contributed by atoms with Crippen molar-refractivity contribution < 1.29 is 21.9 Å². The number of nitrogens with zero attached hydrogens (tertiary/aromatic N) is 4. The zero-order chi connectivity index (χ0) is 22.9. The van der Waals surface area contributed by atoms with Crippen molar-refractivity contribution in [3.05, 3.63) is 83.9 Å². The van der Waals surface area contributed by atoms with E-state index >= 15 is 0 Å². The first kappa shape index (κ1) is 21.4. The van der Waals surface area contributed by atoms with Crippen molar-refractivity contribution in [2.75, 3.05) is 4.72 Å². The Balaban J connectivity index is 1.46. The maximum Gasteiger partial charge on any atom is 0.264 e. The van der Waals surface area contributed by atoms with Crippen molar-refractivity contribution in [1.82, 2.24) is 19.7 Å². The standard InChI is InChI=1S/C21H17F2N5O3S/c1-13-14(2)28(12-24-13)20-9-10-21(26-25-20)31-17-6-4-16(5-7-17)27-32(29,30)19-11-15(22)3-8-18(19)23/h3-12,27H,1-2H3. The fourth-order valence-corrected chi connectivity index (χ4v) is 3.98. The van der Waals surface area contributed by atoms with Crippen LogP contribution in [0.5, 0.6) is 11.6 Å². The van der Waals surface area contributed by atoms with Crippen molar-refractivity contribution in [3.8, 4) is 17.4 Å². The fourth-order valence-electron chi connectivity index (χ4n) is 2.83. The molecule has 0 unspecified atom stereocenters. The van der Waals surface area contributed by atoms with Gasteiger partial charge in [0.15, 0.2) is 5.82 Å². The van der Waals surface area contributed by atoms with Gasteiger partial charge < -0.3 is 4.74 Å². The first-order valence-electron chi connectivity index (χ1n) is 9.33. The van der Waals surface area contributed by atoms with Crippen LogP contribution in [0, 0.1) is 25.5 Å². The van der Waals surface area contributed by atoms with Gasteiger partial charge in [0.25, 0.3) is 10.0 Å². The molecule has 0 atom stereocenters. The number of aryl methyl sites for hydroxylation is 1. The molecule has 0 radical (unpaired) electrons. The Bertz CT molecular complexity index is 1370. The molecule has 1 N–H and O–H groups in total. The van der Waals surface area contributed by atoms with Crippen molar-refractivity contribution >= 4 is 15.7 Å². The van der Waals surface area contributed by atoms with Crippen molar-refractivity contribution in [2.45, 2.75) is 18.7 Å². The van der Waals surface area contributed by atoms with Crippen molar-refractivity contribution in [1.29, 1.82) is 0 Å². The van der Waals surface area contributed by atoms with Gasteiger partial charge in [0.2, 0.25) is 5.88 Å². The largest absolute Gasteiger partial charge is 0.438 e. The highest BCUT2D eigenvalue weighted by atomic mass is 32.2. The third kappa shape index (κ3) is 4.42. The summed E-state index contributed by atoms with van der Waals surface area (Å²) < 4.78 is 61.5. The minimum atomic E-state index is -4.31. The Kier molecular flexibility index (Phi) is 5.57. The van der Waals surface area contributed by atoms with Gasteiger partial charge in [-0.15, -0.1) is 10.2 Å². The second-order valence-corrected chi connectivity index (χ2v) is 8.47. The molecule has 0 aliphatic heterocycles. The molecule has 32 heavy (non-hydrogen) atoms. The molecule has 164 valence electrons. The number of halogens is 2. The number of rotatable bonds is 6. The Hall–Kier alpha value is -3.86. The number of nitrogens with one attached hydrogen (secondary N) is 1. The molecule has 8 nitrogen and oxygen atoms in total. The van der Waals surface area contributed by atoms with Gasteiger partial charge >= 0.3 is 0 Å². The van der Waals surface area contributed by atoms with E-state index in [0.717, 1.165) is 23.5 Å². The van der Waals surface area contributed by atoms with Crippen molar-refractivity contribution in [2.24, 2.45) is 0 Å². The fraction of sp³-hybridized carbons (Fsp3) is 0.0952. The van der Waals surface area contributed by atoms with E-state index in [4.69, 9.17) is 4.74 Å². The van der Waals surface area contributed by atoms with Crippen LogP contribution in [-0.2, 0) is 10.0 Å². The van der Waals surface area contributed by atoms with Crippen LogP contribution < -0.4 is 9.46 Å². The Morgan fingerprint density at radius 1 is 0.969 bits per heavy atom. The van der Waals surface area contributed by atoms with Gasteiger partial charge in [-0.3, -0.25) is 9.29 Å². The summed E-state index contributed by atoms with van der Waals surface area (Å²) in [6.07, 6.45) is 1.66. The first-order chi connectivity index (χ1) is 15.2. The number of hydrogen-bond donors (Lipinski definition) is 1. The molecule has 11 heteroatoms. The molecule has 2 aromatic heterocycles. The van der Waals surface area contributed by atoms with E-state index in [2.05, 4.69) is 19.9 Å². The molecule has 0 saturated carbocycles. The molecule has 0 aliphatic carbocycles. The highest BCUT2D eigenvalue weighted by molar-refractivity contribution is 7.92. The zero-order valence-electron chi connectivity index (χ0n) is 17.0. The predicted molar refractivity (Wildman–Crippen MR) is 112 cm³/mol. The first-order valence-corrected chi connectivity index (χ1v) is 10.8. The minimum absolute atomic E-state index is 0.147. The van der Waals surface area contributed by atoms with Crippen LogP contribution in [0.3, 0.4) is 0 Å². The monoisotopic (exact) mass is 457 g/mol. The summed E-state index contributed by atoms with van der Waals surface area (Å²) in [6.45, 7) is 3.82. The lowest BCUT2D eigenvalue weighted by molar-refractivity contribution is 0.454. The quantitative estimate of drug-likeness (QED) is 0.467. The van der Waals surface area contributed by atoms with E-state index in [1.807, 2.05) is 13.8 Å². The van der Waals surface area contributed by atoms with E-state index in [9.17, 15) is 17.2 Å². The zero-order valence-corrected chi connectivity index (χ0v) is 17.8. The predicted octanol–water partition coefficient (Wildman–Crippen LogP) is 4.15. The molecule has 0 bridgehead atoms. The molecule has 2 aromatic carbocycles. The van der Waals surface area contributed by atoms with Gasteiger partial charge in [-0.2, -0.15) is 0 Å². The van der Waals surface area contributed by atoms with Crippen molar-refractivity contribution in [3.63, 3.8) is 0 Å². The summed E-state index contributed by atoms with van der Waals surface area (Å²) in [6, 6.07) is 11.4. The van der Waals surface area contributed by atoms with Gasteiger partial charge in [-0.05, 0) is 62.4 Å². The number of anilines is 1. The summed E-state index contributed by atoms with van der Waals surface area (Å²) in [5.41, 5.74) is 1.99. The van der Waals surface area contributed by atoms with Crippen LogP contribution in [-0.4, -0.2) is 28.2 Å². The summed E-state index contributed by atoms with van der Waals surface area (Å²) >= 11 is 0. The lowest BCUT2D eigenvalue weighted by Gasteiger charge is -2.10. The highest BCUT2D eigenvalue weighted by Gasteiger charge is 2.20. The smallest absolute Gasteiger partial charge is 0.264 e. The van der Waals surface area contributed by atoms with E-state index < -0.39 is 26.6 Å². The second kappa shape index (κ2) is 8.35. The Morgan fingerprint density at radius 2 is 1.72 bits per heavy atom. The molecule has 0 fully saturated rings.